The number of hydrogen-bond acceptors (Lipinski definition) is 5. The van der Waals surface area contributed by atoms with E-state index in [0.717, 1.165) is 15.6 Å². The smallest absolute Gasteiger partial charge is 0.261 e. The molecule has 1 amide bonds. The summed E-state index contributed by atoms with van der Waals surface area (Å²) in [5.41, 5.74) is 3.20. The van der Waals surface area contributed by atoms with Crippen molar-refractivity contribution in [3.63, 3.8) is 0 Å². The molecule has 0 bridgehead atoms. The number of benzene rings is 3. The van der Waals surface area contributed by atoms with Crippen LogP contribution < -0.4 is 14.8 Å². The van der Waals surface area contributed by atoms with Crippen molar-refractivity contribution < 1.29 is 22.7 Å². The van der Waals surface area contributed by atoms with Crippen molar-refractivity contribution in [1.29, 1.82) is 0 Å². The number of carbonyl (C=O) groups is 1. The van der Waals surface area contributed by atoms with Gasteiger partial charge in [0.15, 0.2) is 0 Å². The van der Waals surface area contributed by atoms with Crippen LogP contribution in [0.2, 0.25) is 0 Å². The number of carbonyl (C=O) groups excluding carboxylic acids is 1. The molecule has 7 nitrogen and oxygen atoms in total. The molecule has 33 heavy (non-hydrogen) atoms. The van der Waals surface area contributed by atoms with Crippen LogP contribution in [0.5, 0.6) is 5.75 Å². The molecule has 0 aromatic heterocycles. The predicted molar refractivity (Wildman–Crippen MR) is 133 cm³/mol. The fraction of sp³-hybridized carbons (Fsp3) is 0.208. The molecule has 2 N–H and O–H groups in total. The molecule has 0 aliphatic carbocycles. The summed E-state index contributed by atoms with van der Waals surface area (Å²) in [6, 6.07) is 16.6. The maximum absolute atomic E-state index is 12.8. The molecule has 3 aromatic rings. The Morgan fingerprint density at radius 1 is 0.970 bits per heavy atom. The van der Waals surface area contributed by atoms with Crippen LogP contribution in [0.1, 0.15) is 21.5 Å². The summed E-state index contributed by atoms with van der Waals surface area (Å²) in [5.74, 6) is 0.0392. The second kappa shape index (κ2) is 10.8. The Morgan fingerprint density at radius 3 is 2.36 bits per heavy atom. The molecule has 0 fully saturated rings. The molecule has 0 spiro atoms. The number of sulfonamides is 1. The third kappa shape index (κ3) is 6.56. The number of methoxy groups -OCH3 is 1. The van der Waals surface area contributed by atoms with Gasteiger partial charge in [-0.15, -0.1) is 0 Å². The van der Waals surface area contributed by atoms with Gasteiger partial charge in [0.25, 0.3) is 15.9 Å². The Morgan fingerprint density at radius 2 is 1.70 bits per heavy atom. The topological polar surface area (TPSA) is 93.7 Å². The summed E-state index contributed by atoms with van der Waals surface area (Å²) in [5, 5.41) is 2.77. The van der Waals surface area contributed by atoms with E-state index in [4.69, 9.17) is 9.47 Å². The highest BCUT2D eigenvalue weighted by Crippen LogP contribution is 2.26. The summed E-state index contributed by atoms with van der Waals surface area (Å²) in [6.45, 7) is 4.49. The summed E-state index contributed by atoms with van der Waals surface area (Å²) in [7, 11) is -2.20. The first kappa shape index (κ1) is 24.8. The van der Waals surface area contributed by atoms with E-state index in [9.17, 15) is 13.2 Å². The lowest BCUT2D eigenvalue weighted by Gasteiger charge is -2.13. The first-order chi connectivity index (χ1) is 15.7. The van der Waals surface area contributed by atoms with Gasteiger partial charge in [-0.05, 0) is 67.9 Å². The summed E-state index contributed by atoms with van der Waals surface area (Å²) >= 11 is 3.37. The molecule has 0 heterocycles. The van der Waals surface area contributed by atoms with E-state index in [1.807, 2.05) is 26.0 Å². The van der Waals surface area contributed by atoms with E-state index in [0.29, 0.717) is 35.9 Å². The molecule has 0 saturated heterocycles. The number of amides is 1. The van der Waals surface area contributed by atoms with Crippen LogP contribution in [0, 0.1) is 13.8 Å². The van der Waals surface area contributed by atoms with Gasteiger partial charge < -0.3 is 14.8 Å². The summed E-state index contributed by atoms with van der Waals surface area (Å²) < 4.78 is 39.5. The minimum atomic E-state index is -3.77. The first-order valence-electron chi connectivity index (χ1n) is 10.1. The molecule has 9 heteroatoms. The number of rotatable bonds is 9. The van der Waals surface area contributed by atoms with E-state index in [1.54, 1.807) is 31.4 Å². The maximum Gasteiger partial charge on any atom is 0.261 e. The van der Waals surface area contributed by atoms with Crippen molar-refractivity contribution in [3.8, 4) is 5.75 Å². The van der Waals surface area contributed by atoms with Crippen molar-refractivity contribution in [2.75, 3.05) is 30.4 Å². The quantitative estimate of drug-likeness (QED) is 0.372. The zero-order valence-corrected chi connectivity index (χ0v) is 20.9. The average Bonchev–Trinajstić information content (AvgIpc) is 2.77. The number of hydrogen-bond donors (Lipinski definition) is 2. The molecular weight excluding hydrogens is 508 g/mol. The fourth-order valence-corrected chi connectivity index (χ4v) is 4.58. The highest BCUT2D eigenvalue weighted by atomic mass is 79.9. The monoisotopic (exact) mass is 532 g/mol. The summed E-state index contributed by atoms with van der Waals surface area (Å²) in [6.07, 6.45) is 0. The predicted octanol–water partition coefficient (Wildman–Crippen LogP) is 5.14. The molecule has 3 rings (SSSR count). The van der Waals surface area contributed by atoms with E-state index in [2.05, 4.69) is 26.0 Å². The van der Waals surface area contributed by atoms with Crippen LogP contribution in [0.4, 0.5) is 11.4 Å². The van der Waals surface area contributed by atoms with E-state index < -0.39 is 10.0 Å². The van der Waals surface area contributed by atoms with Crippen molar-refractivity contribution in [3.05, 3.63) is 81.8 Å². The minimum Gasteiger partial charge on any atom is -0.490 e. The SMILES string of the molecule is COCCOc1ccc(Br)cc1C(=O)Nc1ccc(S(=O)(=O)Nc2ccc(C)cc2C)cc1. The lowest BCUT2D eigenvalue weighted by Crippen LogP contribution is -2.16. The van der Waals surface area contributed by atoms with Gasteiger partial charge in [-0.25, -0.2) is 8.42 Å². The van der Waals surface area contributed by atoms with Crippen LogP contribution in [0.15, 0.2) is 70.0 Å². The number of ether oxygens (including phenoxy) is 2. The Hall–Kier alpha value is -2.88. The number of nitrogens with one attached hydrogen (secondary N) is 2. The Labute approximate surface area is 202 Å². The minimum absolute atomic E-state index is 0.0894. The van der Waals surface area contributed by atoms with Crippen molar-refractivity contribution in [1.82, 2.24) is 0 Å². The van der Waals surface area contributed by atoms with Crippen LogP contribution in [-0.2, 0) is 14.8 Å². The normalized spacial score (nSPS) is 11.2. The van der Waals surface area contributed by atoms with E-state index in [1.165, 1.54) is 24.3 Å². The van der Waals surface area contributed by atoms with E-state index >= 15 is 0 Å². The zero-order chi connectivity index (χ0) is 24.0. The Kier molecular flexibility index (Phi) is 8.12. The van der Waals surface area contributed by atoms with Gasteiger partial charge in [-0.1, -0.05) is 33.6 Å². The molecule has 0 saturated carbocycles. The maximum atomic E-state index is 12.8. The molecule has 174 valence electrons. The average molecular weight is 533 g/mol. The fourth-order valence-electron chi connectivity index (χ4n) is 3.09. The Bertz CT molecular complexity index is 1240. The standard InChI is InChI=1S/C24H25BrN2O5S/c1-16-4-10-22(17(2)14-16)27-33(29,30)20-8-6-19(7-9-20)26-24(28)21-15-18(25)5-11-23(21)32-13-12-31-3/h4-11,14-15,27H,12-13H2,1-3H3,(H,26,28). The summed E-state index contributed by atoms with van der Waals surface area (Å²) in [4.78, 5) is 12.9. The van der Waals surface area contributed by atoms with Crippen LogP contribution in [0.3, 0.4) is 0 Å². The number of aryl methyl sites for hydroxylation is 2. The van der Waals surface area contributed by atoms with Crippen LogP contribution in [0.25, 0.3) is 0 Å². The van der Waals surface area contributed by atoms with Gasteiger partial charge in [0, 0.05) is 17.3 Å². The highest BCUT2D eigenvalue weighted by molar-refractivity contribution is 9.10. The highest BCUT2D eigenvalue weighted by Gasteiger charge is 2.17. The molecule has 0 atom stereocenters. The lowest BCUT2D eigenvalue weighted by molar-refractivity contribution is 0.101. The van der Waals surface area contributed by atoms with Crippen LogP contribution >= 0.6 is 15.9 Å². The second-order valence-corrected chi connectivity index (χ2v) is 9.98. The van der Waals surface area contributed by atoms with Gasteiger partial charge in [-0.3, -0.25) is 9.52 Å². The van der Waals surface area contributed by atoms with Gasteiger partial charge >= 0.3 is 0 Å². The van der Waals surface area contributed by atoms with Gasteiger partial charge in [0.2, 0.25) is 0 Å². The molecule has 3 aromatic carbocycles. The number of anilines is 2. The third-order valence-corrected chi connectivity index (χ3v) is 6.65. The molecule has 0 radical (unpaired) electrons. The van der Waals surface area contributed by atoms with E-state index in [-0.39, 0.29) is 10.8 Å². The lowest BCUT2D eigenvalue weighted by atomic mass is 10.1. The third-order valence-electron chi connectivity index (χ3n) is 4.78. The first-order valence-corrected chi connectivity index (χ1v) is 12.4. The van der Waals surface area contributed by atoms with Crippen molar-refractivity contribution >= 4 is 43.2 Å². The largest absolute Gasteiger partial charge is 0.490 e. The Balaban J connectivity index is 1.74. The van der Waals surface area contributed by atoms with Crippen LogP contribution in [-0.4, -0.2) is 34.6 Å². The zero-order valence-electron chi connectivity index (χ0n) is 18.5. The molecule has 0 aliphatic rings. The van der Waals surface area contributed by atoms with Gasteiger partial charge in [-0.2, -0.15) is 0 Å². The molecular formula is C24H25BrN2O5S. The van der Waals surface area contributed by atoms with Gasteiger partial charge in [0.05, 0.1) is 22.8 Å². The number of halogens is 1. The molecule has 0 unspecified atom stereocenters. The van der Waals surface area contributed by atoms with Crippen molar-refractivity contribution in [2.45, 2.75) is 18.7 Å². The second-order valence-electron chi connectivity index (χ2n) is 7.38. The molecule has 0 aliphatic heterocycles. The van der Waals surface area contributed by atoms with Gasteiger partial charge in [0.1, 0.15) is 12.4 Å². The van der Waals surface area contributed by atoms with Crippen molar-refractivity contribution in [2.24, 2.45) is 0 Å².